The molecular formula is C9H7ClFNO3. The summed E-state index contributed by atoms with van der Waals surface area (Å²) in [6.45, 7) is 0. The van der Waals surface area contributed by atoms with Crippen LogP contribution in [0.4, 0.5) is 10.1 Å². The molecule has 0 aromatic heterocycles. The first kappa shape index (κ1) is 11.6. The number of ketones is 1. The highest BCUT2D eigenvalue weighted by atomic mass is 35.5. The first-order valence-corrected chi connectivity index (χ1v) is 4.58. The number of hydrogen-bond acceptors (Lipinski definition) is 3. The van der Waals surface area contributed by atoms with Crippen molar-refractivity contribution in [2.24, 2.45) is 0 Å². The number of Topliss-reactive ketones (excluding diaryl/α,β-unsaturated/α-hetero) is 1. The number of non-ortho nitro benzene ring substituents is 1. The smallest absolute Gasteiger partial charge is 0.272 e. The van der Waals surface area contributed by atoms with E-state index in [-0.39, 0.29) is 29.3 Å². The lowest BCUT2D eigenvalue weighted by Gasteiger charge is -2.00. The predicted octanol–water partition coefficient (Wildman–Crippen LogP) is 2.08. The van der Waals surface area contributed by atoms with E-state index >= 15 is 0 Å². The zero-order valence-corrected chi connectivity index (χ0v) is 8.33. The summed E-state index contributed by atoms with van der Waals surface area (Å²) in [5, 5.41) is 10.3. The number of alkyl halides is 1. The van der Waals surface area contributed by atoms with Crippen LogP contribution in [0.3, 0.4) is 0 Å². The predicted molar refractivity (Wildman–Crippen MR) is 52.5 cm³/mol. The lowest BCUT2D eigenvalue weighted by atomic mass is 10.1. The molecule has 0 heterocycles. The van der Waals surface area contributed by atoms with Crippen LogP contribution in [0.1, 0.15) is 5.56 Å². The molecule has 0 atom stereocenters. The average Bonchev–Trinajstić information content (AvgIpc) is 2.20. The van der Waals surface area contributed by atoms with E-state index in [0.717, 1.165) is 12.1 Å². The summed E-state index contributed by atoms with van der Waals surface area (Å²) in [7, 11) is 0. The van der Waals surface area contributed by atoms with Gasteiger partial charge in [-0.25, -0.2) is 4.39 Å². The normalized spacial score (nSPS) is 10.0. The standard InChI is InChI=1S/C9H7ClFNO3/c10-5-8(13)3-6-1-2-7(12(14)15)4-9(6)11/h1-2,4H,3,5H2. The summed E-state index contributed by atoms with van der Waals surface area (Å²) in [6, 6.07) is 3.16. The minimum absolute atomic E-state index is 0.117. The van der Waals surface area contributed by atoms with Gasteiger partial charge in [-0.2, -0.15) is 0 Å². The molecule has 0 bridgehead atoms. The Hall–Kier alpha value is -1.49. The number of carbonyl (C=O) groups excluding carboxylic acids is 1. The Morgan fingerprint density at radius 1 is 1.53 bits per heavy atom. The largest absolute Gasteiger partial charge is 0.298 e. The number of halogens is 2. The second-order valence-electron chi connectivity index (χ2n) is 2.88. The number of nitro benzene ring substituents is 1. The van der Waals surface area contributed by atoms with Crippen LogP contribution in [-0.2, 0) is 11.2 Å². The lowest BCUT2D eigenvalue weighted by molar-refractivity contribution is -0.385. The number of carbonyl (C=O) groups is 1. The van der Waals surface area contributed by atoms with E-state index in [1.54, 1.807) is 0 Å². The first-order valence-electron chi connectivity index (χ1n) is 4.05. The molecule has 1 rings (SSSR count). The fraction of sp³-hybridized carbons (Fsp3) is 0.222. The van der Waals surface area contributed by atoms with Crippen LogP contribution in [0.15, 0.2) is 18.2 Å². The maximum Gasteiger partial charge on any atom is 0.272 e. The molecule has 4 nitrogen and oxygen atoms in total. The Morgan fingerprint density at radius 2 is 2.20 bits per heavy atom. The quantitative estimate of drug-likeness (QED) is 0.453. The van der Waals surface area contributed by atoms with Crippen LogP contribution in [0, 0.1) is 15.9 Å². The van der Waals surface area contributed by atoms with Gasteiger partial charge in [-0.15, -0.1) is 11.6 Å². The van der Waals surface area contributed by atoms with Gasteiger partial charge in [0.15, 0.2) is 5.78 Å². The van der Waals surface area contributed by atoms with E-state index in [0.29, 0.717) is 0 Å². The van der Waals surface area contributed by atoms with E-state index in [4.69, 9.17) is 11.6 Å². The van der Waals surface area contributed by atoms with Gasteiger partial charge in [0, 0.05) is 12.5 Å². The van der Waals surface area contributed by atoms with Crippen molar-refractivity contribution >= 4 is 23.1 Å². The fourth-order valence-electron chi connectivity index (χ4n) is 1.05. The van der Waals surface area contributed by atoms with Crippen molar-refractivity contribution in [1.82, 2.24) is 0 Å². The first-order chi connectivity index (χ1) is 7.04. The number of nitro groups is 1. The summed E-state index contributed by atoms with van der Waals surface area (Å²) < 4.78 is 13.2. The number of rotatable bonds is 4. The Kier molecular flexibility index (Phi) is 3.74. The zero-order valence-electron chi connectivity index (χ0n) is 7.57. The van der Waals surface area contributed by atoms with E-state index in [1.165, 1.54) is 6.07 Å². The third-order valence-electron chi connectivity index (χ3n) is 1.78. The van der Waals surface area contributed by atoms with Crippen molar-refractivity contribution in [2.75, 3.05) is 5.88 Å². The van der Waals surface area contributed by atoms with Crippen LogP contribution in [0.25, 0.3) is 0 Å². The third-order valence-corrected chi connectivity index (χ3v) is 2.08. The molecule has 15 heavy (non-hydrogen) atoms. The van der Waals surface area contributed by atoms with Crippen LogP contribution < -0.4 is 0 Å². The van der Waals surface area contributed by atoms with Gasteiger partial charge in [-0.3, -0.25) is 14.9 Å². The Labute approximate surface area is 89.8 Å². The highest BCUT2D eigenvalue weighted by Gasteiger charge is 2.12. The summed E-state index contributed by atoms with van der Waals surface area (Å²) in [5.74, 6) is -1.29. The molecule has 1 aromatic rings. The Bertz CT molecular complexity index is 408. The second-order valence-corrected chi connectivity index (χ2v) is 3.15. The molecule has 0 fully saturated rings. The molecular weight excluding hydrogens is 225 g/mol. The van der Waals surface area contributed by atoms with E-state index in [1.807, 2.05) is 0 Å². The van der Waals surface area contributed by atoms with Crippen LogP contribution in [-0.4, -0.2) is 16.6 Å². The molecule has 80 valence electrons. The molecule has 0 unspecified atom stereocenters. The fourth-order valence-corrected chi connectivity index (χ4v) is 1.15. The van der Waals surface area contributed by atoms with E-state index in [2.05, 4.69) is 0 Å². The minimum atomic E-state index is -0.761. The Balaban J connectivity index is 2.93. The molecule has 0 saturated heterocycles. The maximum atomic E-state index is 13.2. The van der Waals surface area contributed by atoms with Crippen molar-refractivity contribution in [3.8, 4) is 0 Å². The molecule has 1 aromatic carbocycles. The van der Waals surface area contributed by atoms with Gasteiger partial charge in [0.05, 0.1) is 16.9 Å². The zero-order chi connectivity index (χ0) is 11.4. The van der Waals surface area contributed by atoms with Crippen molar-refractivity contribution in [1.29, 1.82) is 0 Å². The molecule has 0 aliphatic rings. The maximum absolute atomic E-state index is 13.2. The molecule has 0 N–H and O–H groups in total. The molecule has 0 saturated carbocycles. The molecule has 0 spiro atoms. The van der Waals surface area contributed by atoms with Gasteiger partial charge >= 0.3 is 0 Å². The van der Waals surface area contributed by atoms with Crippen LogP contribution in [0.2, 0.25) is 0 Å². The topological polar surface area (TPSA) is 60.2 Å². The van der Waals surface area contributed by atoms with E-state index in [9.17, 15) is 19.3 Å². The Morgan fingerprint density at radius 3 is 2.67 bits per heavy atom. The number of hydrogen-bond donors (Lipinski definition) is 0. The molecule has 6 heteroatoms. The van der Waals surface area contributed by atoms with Gasteiger partial charge in [0.1, 0.15) is 5.82 Å². The van der Waals surface area contributed by atoms with Gasteiger partial charge in [0.25, 0.3) is 5.69 Å². The van der Waals surface area contributed by atoms with Crippen LogP contribution in [0.5, 0.6) is 0 Å². The van der Waals surface area contributed by atoms with Gasteiger partial charge in [0.2, 0.25) is 0 Å². The highest BCUT2D eigenvalue weighted by Crippen LogP contribution is 2.17. The van der Waals surface area contributed by atoms with Crippen LogP contribution >= 0.6 is 11.6 Å². The summed E-state index contributed by atoms with van der Waals surface area (Å²) in [5.41, 5.74) is -0.221. The third kappa shape index (κ3) is 2.99. The SMILES string of the molecule is O=C(CCl)Cc1ccc([N+](=O)[O-])cc1F. The minimum Gasteiger partial charge on any atom is -0.298 e. The van der Waals surface area contributed by atoms with Gasteiger partial charge in [-0.05, 0) is 11.6 Å². The van der Waals surface area contributed by atoms with Gasteiger partial charge < -0.3 is 0 Å². The van der Waals surface area contributed by atoms with Gasteiger partial charge in [-0.1, -0.05) is 0 Å². The monoisotopic (exact) mass is 231 g/mol. The lowest BCUT2D eigenvalue weighted by Crippen LogP contribution is -2.05. The van der Waals surface area contributed by atoms with Crippen molar-refractivity contribution in [2.45, 2.75) is 6.42 Å². The van der Waals surface area contributed by atoms with Crippen molar-refractivity contribution in [3.05, 3.63) is 39.7 Å². The molecule has 0 radical (unpaired) electrons. The molecule has 0 aliphatic heterocycles. The molecule has 0 amide bonds. The summed E-state index contributed by atoms with van der Waals surface area (Å²) in [4.78, 5) is 20.5. The summed E-state index contributed by atoms with van der Waals surface area (Å²) >= 11 is 5.26. The van der Waals surface area contributed by atoms with Crippen molar-refractivity contribution < 1.29 is 14.1 Å². The number of benzene rings is 1. The van der Waals surface area contributed by atoms with E-state index < -0.39 is 10.7 Å². The van der Waals surface area contributed by atoms with Crippen molar-refractivity contribution in [3.63, 3.8) is 0 Å². The second kappa shape index (κ2) is 4.84. The summed E-state index contributed by atoms with van der Waals surface area (Å²) in [6.07, 6.45) is -0.146. The average molecular weight is 232 g/mol. The number of nitrogens with zero attached hydrogens (tertiary/aromatic N) is 1. The highest BCUT2D eigenvalue weighted by molar-refractivity contribution is 6.27. The molecule has 0 aliphatic carbocycles.